The highest BCUT2D eigenvalue weighted by Crippen LogP contribution is 2.12. The lowest BCUT2D eigenvalue weighted by atomic mass is 10.3. The molecule has 0 fully saturated rings. The van der Waals surface area contributed by atoms with E-state index in [1.165, 1.54) is 5.69 Å². The van der Waals surface area contributed by atoms with E-state index < -0.39 is 0 Å². The monoisotopic (exact) mass is 165 g/mol. The summed E-state index contributed by atoms with van der Waals surface area (Å²) in [7, 11) is 1.09. The van der Waals surface area contributed by atoms with Crippen LogP contribution in [0.1, 0.15) is 13.8 Å². The largest absolute Gasteiger partial charge is 0.404 e. The molecule has 1 aromatic carbocycles. The summed E-state index contributed by atoms with van der Waals surface area (Å²) in [4.78, 5) is 0. The summed E-state index contributed by atoms with van der Waals surface area (Å²) in [6.07, 6.45) is 0. The molecule has 1 nitrogen and oxygen atoms in total. The fourth-order valence-electron chi connectivity index (χ4n) is 0.961. The predicted octanol–water partition coefficient (Wildman–Crippen LogP) is 1.18. The van der Waals surface area contributed by atoms with Gasteiger partial charge in [-0.15, -0.1) is 0 Å². The van der Waals surface area contributed by atoms with Crippen molar-refractivity contribution >= 4 is 16.1 Å². The van der Waals surface area contributed by atoms with Crippen LogP contribution in [-0.4, -0.2) is 16.4 Å². The maximum atomic E-state index is 2.39. The number of nitrogens with zero attached hydrogens (tertiary/aromatic N) is 1. The van der Waals surface area contributed by atoms with E-state index in [4.69, 9.17) is 0 Å². The zero-order chi connectivity index (χ0) is 8.27. The second-order valence-corrected chi connectivity index (χ2v) is 4.00. The van der Waals surface area contributed by atoms with Gasteiger partial charge >= 0.3 is 0 Å². The molecule has 0 spiro atoms. The van der Waals surface area contributed by atoms with E-state index >= 15 is 0 Å². The molecule has 0 radical (unpaired) electrons. The van der Waals surface area contributed by atoms with Crippen molar-refractivity contribution in [2.45, 2.75) is 19.9 Å². The van der Waals surface area contributed by atoms with Crippen LogP contribution in [0.15, 0.2) is 30.3 Å². The molecule has 0 aliphatic carbocycles. The first kappa shape index (κ1) is 8.33. The second-order valence-electron chi connectivity index (χ2n) is 3.04. The Morgan fingerprint density at radius 1 is 1.18 bits per heavy atom. The van der Waals surface area contributed by atoms with Crippen LogP contribution in [0.2, 0.25) is 0 Å². The van der Waals surface area contributed by atoms with Gasteiger partial charge in [-0.3, -0.25) is 0 Å². The van der Waals surface area contributed by atoms with Crippen molar-refractivity contribution in [1.82, 2.24) is 0 Å². The fraction of sp³-hybridized carbons (Fsp3) is 0.333. The average Bonchev–Trinajstić information content (AvgIpc) is 2.05. The molecule has 11 heavy (non-hydrogen) atoms. The molecular formula is C9H15NSi. The highest BCUT2D eigenvalue weighted by atomic mass is 28.2. The first-order valence-corrected chi connectivity index (χ1v) is 4.89. The summed E-state index contributed by atoms with van der Waals surface area (Å²) in [5.41, 5.74) is 1.34. The van der Waals surface area contributed by atoms with Gasteiger partial charge in [-0.1, -0.05) is 18.2 Å². The van der Waals surface area contributed by atoms with Gasteiger partial charge in [0.2, 0.25) is 0 Å². The van der Waals surface area contributed by atoms with Gasteiger partial charge in [0, 0.05) is 11.7 Å². The van der Waals surface area contributed by atoms with Crippen LogP contribution >= 0.6 is 0 Å². The third kappa shape index (κ3) is 2.08. The van der Waals surface area contributed by atoms with Crippen molar-refractivity contribution in [3.63, 3.8) is 0 Å². The summed E-state index contributed by atoms with van der Waals surface area (Å²) >= 11 is 0. The summed E-state index contributed by atoms with van der Waals surface area (Å²) in [6.45, 7) is 4.44. The molecule has 0 bridgehead atoms. The van der Waals surface area contributed by atoms with Gasteiger partial charge in [0.1, 0.15) is 10.4 Å². The molecule has 1 rings (SSSR count). The Hall–Kier alpha value is -0.763. The Kier molecular flexibility index (Phi) is 2.71. The molecule has 0 heterocycles. The topological polar surface area (TPSA) is 3.24 Å². The second kappa shape index (κ2) is 3.58. The minimum atomic E-state index is 0.629. The quantitative estimate of drug-likeness (QED) is 0.595. The number of hydrogen-bond acceptors (Lipinski definition) is 1. The SMILES string of the molecule is CC(C)N([SiH3])c1ccccc1. The molecule has 1 aromatic rings. The van der Waals surface area contributed by atoms with Crippen LogP contribution in [0.4, 0.5) is 5.69 Å². The molecule has 0 atom stereocenters. The Balaban J connectivity index is 2.77. The molecule has 0 N–H and O–H groups in total. The average molecular weight is 165 g/mol. The van der Waals surface area contributed by atoms with Gasteiger partial charge in [-0.25, -0.2) is 0 Å². The summed E-state index contributed by atoms with van der Waals surface area (Å²) in [5, 5.41) is 0. The van der Waals surface area contributed by atoms with Crippen LogP contribution in [0, 0.1) is 0 Å². The number of anilines is 1. The summed E-state index contributed by atoms with van der Waals surface area (Å²) in [6, 6.07) is 11.2. The lowest BCUT2D eigenvalue weighted by Gasteiger charge is -2.24. The van der Waals surface area contributed by atoms with Gasteiger partial charge < -0.3 is 4.57 Å². The van der Waals surface area contributed by atoms with Crippen molar-refractivity contribution in [2.24, 2.45) is 0 Å². The van der Waals surface area contributed by atoms with Gasteiger partial charge in [-0.2, -0.15) is 0 Å². The molecular weight excluding hydrogens is 150 g/mol. The van der Waals surface area contributed by atoms with Gasteiger partial charge in [-0.05, 0) is 26.0 Å². The standard InChI is InChI=1S/C9H15NSi/c1-8(2)10(11)9-6-4-3-5-7-9/h3-8H,1-2,11H3. The van der Waals surface area contributed by atoms with Crippen molar-refractivity contribution in [1.29, 1.82) is 0 Å². The lowest BCUT2D eigenvalue weighted by Crippen LogP contribution is -2.27. The highest BCUT2D eigenvalue weighted by molar-refractivity contribution is 6.18. The van der Waals surface area contributed by atoms with Crippen molar-refractivity contribution in [3.05, 3.63) is 30.3 Å². The van der Waals surface area contributed by atoms with E-state index in [9.17, 15) is 0 Å². The Morgan fingerprint density at radius 2 is 1.73 bits per heavy atom. The molecule has 0 amide bonds. The Labute approximate surface area is 71.5 Å². The first-order chi connectivity index (χ1) is 5.22. The number of hydrogen-bond donors (Lipinski definition) is 0. The third-order valence-electron chi connectivity index (χ3n) is 1.94. The van der Waals surface area contributed by atoms with Crippen molar-refractivity contribution in [3.8, 4) is 0 Å². The van der Waals surface area contributed by atoms with E-state index in [0.29, 0.717) is 6.04 Å². The van der Waals surface area contributed by atoms with Crippen LogP contribution in [0.5, 0.6) is 0 Å². The fourth-order valence-corrected chi connectivity index (χ4v) is 1.26. The van der Waals surface area contributed by atoms with Crippen LogP contribution in [0.3, 0.4) is 0 Å². The minimum absolute atomic E-state index is 0.629. The maximum Gasteiger partial charge on any atom is 0.108 e. The van der Waals surface area contributed by atoms with Crippen molar-refractivity contribution in [2.75, 3.05) is 4.57 Å². The number of para-hydroxylation sites is 1. The number of benzene rings is 1. The lowest BCUT2D eigenvalue weighted by molar-refractivity contribution is 0.829. The minimum Gasteiger partial charge on any atom is -0.404 e. The molecule has 0 aliphatic rings. The van der Waals surface area contributed by atoms with Crippen LogP contribution in [-0.2, 0) is 0 Å². The molecule has 0 unspecified atom stereocenters. The molecule has 60 valence electrons. The van der Waals surface area contributed by atoms with E-state index in [2.05, 4.69) is 48.7 Å². The Morgan fingerprint density at radius 3 is 2.18 bits per heavy atom. The summed E-state index contributed by atoms with van der Waals surface area (Å²) < 4.78 is 2.39. The van der Waals surface area contributed by atoms with Crippen LogP contribution < -0.4 is 4.57 Å². The van der Waals surface area contributed by atoms with E-state index in [1.807, 2.05) is 0 Å². The first-order valence-electron chi connectivity index (χ1n) is 3.99. The third-order valence-corrected chi connectivity index (χ3v) is 3.49. The van der Waals surface area contributed by atoms with E-state index in [1.54, 1.807) is 0 Å². The summed E-state index contributed by atoms with van der Waals surface area (Å²) in [5.74, 6) is 0. The van der Waals surface area contributed by atoms with Gasteiger partial charge in [0.05, 0.1) is 0 Å². The molecule has 0 saturated heterocycles. The smallest absolute Gasteiger partial charge is 0.108 e. The molecule has 0 aromatic heterocycles. The predicted molar refractivity (Wildman–Crippen MR) is 54.0 cm³/mol. The molecule has 0 saturated carbocycles. The zero-order valence-electron chi connectivity index (χ0n) is 7.41. The molecule has 0 aliphatic heterocycles. The van der Waals surface area contributed by atoms with Gasteiger partial charge in [0.25, 0.3) is 0 Å². The van der Waals surface area contributed by atoms with E-state index in [0.717, 1.165) is 10.4 Å². The highest BCUT2D eigenvalue weighted by Gasteiger charge is 2.01. The molecule has 2 heteroatoms. The van der Waals surface area contributed by atoms with Gasteiger partial charge in [0.15, 0.2) is 0 Å². The Bertz CT molecular complexity index is 208. The van der Waals surface area contributed by atoms with E-state index in [-0.39, 0.29) is 0 Å². The maximum absolute atomic E-state index is 2.39. The van der Waals surface area contributed by atoms with Crippen LogP contribution in [0.25, 0.3) is 0 Å². The number of rotatable bonds is 2. The van der Waals surface area contributed by atoms with Crippen molar-refractivity contribution < 1.29 is 0 Å². The zero-order valence-corrected chi connectivity index (χ0v) is 9.41. The normalized spacial score (nSPS) is 10.5.